The number of nitriles is 1. The maximum atomic E-state index is 13.9. The fourth-order valence-electron chi connectivity index (χ4n) is 1.59. The molecule has 1 unspecified atom stereocenters. The summed E-state index contributed by atoms with van der Waals surface area (Å²) in [7, 11) is 1.65. The van der Waals surface area contributed by atoms with E-state index in [1.54, 1.807) is 18.9 Å². The van der Waals surface area contributed by atoms with E-state index in [0.29, 0.717) is 6.54 Å². The zero-order valence-electron chi connectivity index (χ0n) is 9.67. The van der Waals surface area contributed by atoms with E-state index in [2.05, 4.69) is 6.07 Å². The van der Waals surface area contributed by atoms with E-state index < -0.39 is 5.82 Å². The first-order valence-electron chi connectivity index (χ1n) is 5.02. The van der Waals surface area contributed by atoms with Crippen molar-refractivity contribution in [2.75, 3.05) is 30.0 Å². The number of anilines is 3. The van der Waals surface area contributed by atoms with Crippen LogP contribution in [0, 0.1) is 23.1 Å². The molecule has 0 saturated heterocycles. The van der Waals surface area contributed by atoms with Gasteiger partial charge in [0.25, 0.3) is 0 Å². The van der Waals surface area contributed by atoms with Gasteiger partial charge in [-0.15, -0.1) is 0 Å². The van der Waals surface area contributed by atoms with Crippen LogP contribution in [0.2, 0.25) is 5.02 Å². The minimum atomic E-state index is -0.656. The minimum absolute atomic E-state index is 0.104. The highest BCUT2D eigenvalue weighted by atomic mass is 35.5. The van der Waals surface area contributed by atoms with Crippen molar-refractivity contribution < 1.29 is 4.39 Å². The lowest BCUT2D eigenvalue weighted by molar-refractivity contribution is 0.617. The van der Waals surface area contributed by atoms with Gasteiger partial charge in [0, 0.05) is 13.6 Å². The quantitative estimate of drug-likeness (QED) is 0.813. The van der Waals surface area contributed by atoms with E-state index in [-0.39, 0.29) is 28.0 Å². The molecule has 4 N–H and O–H groups in total. The molecule has 0 saturated carbocycles. The third-order valence-electron chi connectivity index (χ3n) is 2.39. The maximum Gasteiger partial charge on any atom is 0.169 e. The summed E-state index contributed by atoms with van der Waals surface area (Å²) >= 11 is 5.72. The molecule has 0 aliphatic heterocycles. The Morgan fingerprint density at radius 1 is 1.53 bits per heavy atom. The molecule has 17 heavy (non-hydrogen) atoms. The highest BCUT2D eigenvalue weighted by Gasteiger charge is 2.18. The maximum absolute atomic E-state index is 13.9. The molecule has 0 spiro atoms. The van der Waals surface area contributed by atoms with Crippen LogP contribution >= 0.6 is 11.6 Å². The fraction of sp³-hybridized carbons (Fsp3) is 0.364. The van der Waals surface area contributed by atoms with E-state index in [9.17, 15) is 4.39 Å². The topological polar surface area (TPSA) is 79.1 Å². The summed E-state index contributed by atoms with van der Waals surface area (Å²) in [5.41, 5.74) is 11.7. The van der Waals surface area contributed by atoms with Crippen molar-refractivity contribution in [3.05, 3.63) is 16.9 Å². The highest BCUT2D eigenvalue weighted by Crippen LogP contribution is 2.35. The second kappa shape index (κ2) is 5.11. The lowest BCUT2D eigenvalue weighted by atomic mass is 10.1. The molecule has 0 radical (unpaired) electrons. The van der Waals surface area contributed by atoms with Gasteiger partial charge in [0.15, 0.2) is 5.82 Å². The summed E-state index contributed by atoms with van der Waals surface area (Å²) in [6.45, 7) is 2.10. The number of benzene rings is 1. The Bertz CT molecular complexity index is 470. The Morgan fingerprint density at radius 2 is 2.12 bits per heavy atom. The van der Waals surface area contributed by atoms with Crippen LogP contribution in [0.1, 0.15) is 6.92 Å². The minimum Gasteiger partial charge on any atom is -0.397 e. The Kier molecular flexibility index (Phi) is 4.02. The second-order valence-electron chi connectivity index (χ2n) is 3.94. The molecule has 1 aromatic carbocycles. The molecule has 0 fully saturated rings. The van der Waals surface area contributed by atoms with Crippen molar-refractivity contribution in [3.8, 4) is 6.07 Å². The van der Waals surface area contributed by atoms with Gasteiger partial charge in [-0.05, 0) is 13.0 Å². The summed E-state index contributed by atoms with van der Waals surface area (Å²) in [6, 6.07) is 3.48. The third-order valence-corrected chi connectivity index (χ3v) is 2.77. The Labute approximate surface area is 105 Å². The molecule has 0 heterocycles. The van der Waals surface area contributed by atoms with Gasteiger partial charge in [0.05, 0.1) is 29.0 Å². The van der Waals surface area contributed by atoms with Gasteiger partial charge >= 0.3 is 0 Å². The van der Waals surface area contributed by atoms with E-state index in [0.717, 1.165) is 0 Å². The molecule has 4 nitrogen and oxygen atoms in total. The summed E-state index contributed by atoms with van der Waals surface area (Å²) in [4.78, 5) is 1.56. The van der Waals surface area contributed by atoms with Gasteiger partial charge in [-0.25, -0.2) is 4.39 Å². The van der Waals surface area contributed by atoms with Gasteiger partial charge in [-0.3, -0.25) is 0 Å². The Hall–Kier alpha value is -1.67. The van der Waals surface area contributed by atoms with Crippen molar-refractivity contribution in [3.63, 3.8) is 0 Å². The number of rotatable bonds is 3. The number of halogens is 2. The lowest BCUT2D eigenvalue weighted by Crippen LogP contribution is -2.25. The molecular weight excluding hydrogens is 243 g/mol. The van der Waals surface area contributed by atoms with Gasteiger partial charge in [-0.2, -0.15) is 5.26 Å². The van der Waals surface area contributed by atoms with E-state index in [1.165, 1.54) is 6.07 Å². The van der Waals surface area contributed by atoms with Crippen LogP contribution < -0.4 is 16.4 Å². The predicted octanol–water partition coefficient (Wildman–Crippen LogP) is 2.24. The first kappa shape index (κ1) is 13.4. The highest BCUT2D eigenvalue weighted by molar-refractivity contribution is 6.33. The molecule has 1 atom stereocenters. The average molecular weight is 257 g/mol. The van der Waals surface area contributed by atoms with Crippen molar-refractivity contribution in [1.82, 2.24) is 0 Å². The molecule has 0 aliphatic rings. The summed E-state index contributed by atoms with van der Waals surface area (Å²) in [6.07, 6.45) is 0. The van der Waals surface area contributed by atoms with Crippen molar-refractivity contribution in [1.29, 1.82) is 5.26 Å². The van der Waals surface area contributed by atoms with Gasteiger partial charge in [-0.1, -0.05) is 11.6 Å². The summed E-state index contributed by atoms with van der Waals surface area (Å²) < 4.78 is 13.9. The van der Waals surface area contributed by atoms with Crippen LogP contribution in [0.3, 0.4) is 0 Å². The van der Waals surface area contributed by atoms with Crippen molar-refractivity contribution in [2.45, 2.75) is 6.92 Å². The Balaban J connectivity index is 3.14. The van der Waals surface area contributed by atoms with Crippen LogP contribution in [-0.4, -0.2) is 13.6 Å². The van der Waals surface area contributed by atoms with Crippen LogP contribution in [0.4, 0.5) is 21.5 Å². The fourth-order valence-corrected chi connectivity index (χ4v) is 1.73. The lowest BCUT2D eigenvalue weighted by Gasteiger charge is -2.23. The predicted molar refractivity (Wildman–Crippen MR) is 68.3 cm³/mol. The zero-order valence-corrected chi connectivity index (χ0v) is 10.4. The molecule has 92 valence electrons. The van der Waals surface area contributed by atoms with Crippen molar-refractivity contribution in [2.24, 2.45) is 5.92 Å². The molecule has 0 aromatic heterocycles. The third kappa shape index (κ3) is 2.71. The van der Waals surface area contributed by atoms with Crippen LogP contribution in [0.25, 0.3) is 0 Å². The van der Waals surface area contributed by atoms with Gasteiger partial charge < -0.3 is 16.4 Å². The largest absolute Gasteiger partial charge is 0.397 e. The number of nitrogens with two attached hydrogens (primary N) is 2. The van der Waals surface area contributed by atoms with E-state index in [4.69, 9.17) is 28.3 Å². The monoisotopic (exact) mass is 256 g/mol. The Morgan fingerprint density at radius 3 is 2.65 bits per heavy atom. The number of nitrogens with zero attached hydrogens (tertiary/aromatic N) is 2. The molecule has 1 rings (SSSR count). The molecule has 0 bridgehead atoms. The summed E-state index contributed by atoms with van der Waals surface area (Å²) in [5.74, 6) is -0.896. The average Bonchev–Trinajstić information content (AvgIpc) is 2.25. The number of nitrogen functional groups attached to an aromatic ring is 2. The van der Waals surface area contributed by atoms with Gasteiger partial charge in [0.2, 0.25) is 0 Å². The molecule has 6 heteroatoms. The number of hydrogen-bond acceptors (Lipinski definition) is 4. The first-order chi connectivity index (χ1) is 7.88. The second-order valence-corrected chi connectivity index (χ2v) is 4.32. The zero-order chi connectivity index (χ0) is 13.2. The molecule has 1 aromatic rings. The van der Waals surface area contributed by atoms with E-state index >= 15 is 0 Å². The molecule has 0 amide bonds. The van der Waals surface area contributed by atoms with Crippen LogP contribution in [0.5, 0.6) is 0 Å². The van der Waals surface area contributed by atoms with Crippen molar-refractivity contribution >= 4 is 28.7 Å². The van der Waals surface area contributed by atoms with Crippen LogP contribution in [-0.2, 0) is 0 Å². The normalized spacial score (nSPS) is 11.9. The van der Waals surface area contributed by atoms with Crippen LogP contribution in [0.15, 0.2) is 6.07 Å². The number of hydrogen-bond donors (Lipinski definition) is 2. The SMILES string of the molecule is CC(C#N)CN(C)c1c(N)cc(N)c(Cl)c1F. The first-order valence-corrected chi connectivity index (χ1v) is 5.40. The molecular formula is C11H14ClFN4. The standard InChI is InChI=1S/C11H14ClFN4/c1-6(4-14)5-17(2)11-8(16)3-7(15)9(12)10(11)13/h3,6H,5,15-16H2,1-2H3. The molecule has 0 aliphatic carbocycles. The smallest absolute Gasteiger partial charge is 0.169 e. The summed E-state index contributed by atoms with van der Waals surface area (Å²) in [5, 5.41) is 8.57. The van der Waals surface area contributed by atoms with E-state index in [1.807, 2.05) is 0 Å². The van der Waals surface area contributed by atoms with Gasteiger partial charge in [0.1, 0.15) is 5.02 Å².